The first-order chi connectivity index (χ1) is 6.22. The molecule has 0 fully saturated rings. The monoisotopic (exact) mass is 180 g/mol. The largest absolute Gasteiger partial charge is 0.468 e. The van der Waals surface area contributed by atoms with Crippen LogP contribution in [0.3, 0.4) is 0 Å². The maximum Gasteiger partial charge on any atom is 0.247 e. The van der Waals surface area contributed by atoms with Gasteiger partial charge in [-0.15, -0.1) is 0 Å². The molecule has 0 radical (unpaired) electrons. The SMILES string of the molecule is N=C(C=O)OCc1nccc(N)n1. The molecule has 0 amide bonds. The number of aldehydes is 1. The molecular weight excluding hydrogens is 172 g/mol. The quantitative estimate of drug-likeness (QED) is 0.379. The molecule has 0 spiro atoms. The number of nitrogens with one attached hydrogen (secondary N) is 1. The van der Waals surface area contributed by atoms with Crippen LogP contribution in [0.5, 0.6) is 0 Å². The number of hydrogen-bond donors (Lipinski definition) is 2. The van der Waals surface area contributed by atoms with Crippen LogP contribution in [-0.2, 0) is 16.1 Å². The van der Waals surface area contributed by atoms with Crippen molar-refractivity contribution in [2.24, 2.45) is 0 Å². The summed E-state index contributed by atoms with van der Waals surface area (Å²) < 4.78 is 4.67. The predicted octanol–water partition coefficient (Wildman–Crippen LogP) is -0.248. The third-order valence-electron chi connectivity index (χ3n) is 1.19. The number of nitrogens with zero attached hydrogens (tertiary/aromatic N) is 2. The number of nitrogens with two attached hydrogens (primary N) is 1. The van der Waals surface area contributed by atoms with Gasteiger partial charge in [-0.2, -0.15) is 0 Å². The summed E-state index contributed by atoms with van der Waals surface area (Å²) in [6.07, 6.45) is 1.78. The molecule has 1 aromatic heterocycles. The van der Waals surface area contributed by atoms with Crippen molar-refractivity contribution in [2.45, 2.75) is 6.61 Å². The second kappa shape index (κ2) is 4.15. The minimum atomic E-state index is -0.453. The summed E-state index contributed by atoms with van der Waals surface area (Å²) in [7, 11) is 0. The number of nitrogen functional groups attached to an aromatic ring is 1. The average molecular weight is 180 g/mol. The van der Waals surface area contributed by atoms with Gasteiger partial charge in [0.15, 0.2) is 5.82 Å². The molecule has 0 unspecified atom stereocenters. The zero-order valence-corrected chi connectivity index (χ0v) is 6.73. The maximum absolute atomic E-state index is 9.98. The van der Waals surface area contributed by atoms with Gasteiger partial charge >= 0.3 is 0 Å². The Kier molecular flexibility index (Phi) is 2.91. The van der Waals surface area contributed by atoms with Crippen molar-refractivity contribution in [3.8, 4) is 0 Å². The van der Waals surface area contributed by atoms with Crippen molar-refractivity contribution < 1.29 is 9.53 Å². The lowest BCUT2D eigenvalue weighted by Gasteiger charge is -2.01. The summed E-state index contributed by atoms with van der Waals surface area (Å²) in [6.45, 7) is -0.0252. The van der Waals surface area contributed by atoms with E-state index in [0.717, 1.165) is 0 Å². The number of anilines is 1. The van der Waals surface area contributed by atoms with Gasteiger partial charge in [-0.25, -0.2) is 9.97 Å². The molecule has 0 aliphatic rings. The van der Waals surface area contributed by atoms with E-state index in [1.165, 1.54) is 12.3 Å². The Labute approximate surface area is 74.3 Å². The number of hydrogen-bond acceptors (Lipinski definition) is 6. The Hall–Kier alpha value is -1.98. The molecule has 6 heteroatoms. The summed E-state index contributed by atoms with van der Waals surface area (Å²) in [5, 5.41) is 6.86. The van der Waals surface area contributed by atoms with Crippen LogP contribution in [0.4, 0.5) is 5.82 Å². The number of carbonyl (C=O) groups is 1. The first-order valence-electron chi connectivity index (χ1n) is 3.46. The molecule has 1 heterocycles. The lowest BCUT2D eigenvalue weighted by atomic mass is 10.5. The molecule has 0 aliphatic heterocycles. The van der Waals surface area contributed by atoms with E-state index in [1.54, 1.807) is 0 Å². The first-order valence-corrected chi connectivity index (χ1v) is 3.46. The highest BCUT2D eigenvalue weighted by molar-refractivity contribution is 6.21. The first kappa shape index (κ1) is 9.11. The zero-order chi connectivity index (χ0) is 9.68. The normalized spacial score (nSPS) is 9.23. The van der Waals surface area contributed by atoms with Gasteiger partial charge in [0, 0.05) is 6.20 Å². The van der Waals surface area contributed by atoms with Crippen molar-refractivity contribution >= 4 is 18.0 Å². The van der Waals surface area contributed by atoms with Crippen molar-refractivity contribution in [1.82, 2.24) is 9.97 Å². The Morgan fingerprint density at radius 3 is 3.15 bits per heavy atom. The molecule has 3 N–H and O–H groups in total. The van der Waals surface area contributed by atoms with Crippen LogP contribution in [0.2, 0.25) is 0 Å². The molecule has 68 valence electrons. The van der Waals surface area contributed by atoms with Crippen LogP contribution < -0.4 is 5.73 Å². The number of aromatic nitrogens is 2. The highest BCUT2D eigenvalue weighted by atomic mass is 16.5. The van der Waals surface area contributed by atoms with Crippen LogP contribution in [0.25, 0.3) is 0 Å². The van der Waals surface area contributed by atoms with Gasteiger partial charge < -0.3 is 10.5 Å². The fourth-order valence-corrected chi connectivity index (χ4v) is 0.661. The molecule has 1 aromatic rings. The molecule has 0 aromatic carbocycles. The van der Waals surface area contributed by atoms with Gasteiger partial charge in [-0.05, 0) is 6.07 Å². The molecule has 0 atom stereocenters. The van der Waals surface area contributed by atoms with E-state index < -0.39 is 5.90 Å². The van der Waals surface area contributed by atoms with Crippen LogP contribution >= 0.6 is 0 Å². The molecule has 0 saturated heterocycles. The number of rotatable bonds is 3. The van der Waals surface area contributed by atoms with E-state index in [-0.39, 0.29) is 6.61 Å². The Bertz CT molecular complexity index is 326. The summed E-state index contributed by atoms with van der Waals surface area (Å²) >= 11 is 0. The third kappa shape index (κ3) is 2.86. The lowest BCUT2D eigenvalue weighted by Crippen LogP contribution is -2.07. The Balaban J connectivity index is 2.54. The van der Waals surface area contributed by atoms with E-state index in [2.05, 4.69) is 14.7 Å². The third-order valence-corrected chi connectivity index (χ3v) is 1.19. The van der Waals surface area contributed by atoms with Crippen molar-refractivity contribution in [3.05, 3.63) is 18.1 Å². The maximum atomic E-state index is 9.98. The molecular formula is C7H8N4O2. The van der Waals surface area contributed by atoms with Gasteiger partial charge in [0.2, 0.25) is 12.2 Å². The van der Waals surface area contributed by atoms with E-state index in [4.69, 9.17) is 11.1 Å². The second-order valence-electron chi connectivity index (χ2n) is 2.17. The second-order valence-corrected chi connectivity index (χ2v) is 2.17. The van der Waals surface area contributed by atoms with Crippen LogP contribution in [0, 0.1) is 5.41 Å². The predicted molar refractivity (Wildman–Crippen MR) is 45.0 cm³/mol. The van der Waals surface area contributed by atoms with Crippen molar-refractivity contribution in [2.75, 3.05) is 5.73 Å². The fraction of sp³-hybridized carbons (Fsp3) is 0.143. The molecule has 0 saturated carbocycles. The smallest absolute Gasteiger partial charge is 0.247 e. The summed E-state index contributed by atoms with van der Waals surface area (Å²) in [4.78, 5) is 17.6. The van der Waals surface area contributed by atoms with E-state index in [1.807, 2.05) is 0 Å². The highest BCUT2D eigenvalue weighted by Gasteiger charge is 1.99. The molecule has 13 heavy (non-hydrogen) atoms. The molecule has 1 rings (SSSR count). The van der Waals surface area contributed by atoms with Gasteiger partial charge in [0.05, 0.1) is 0 Å². The zero-order valence-electron chi connectivity index (χ0n) is 6.73. The van der Waals surface area contributed by atoms with E-state index in [0.29, 0.717) is 17.9 Å². The Morgan fingerprint density at radius 1 is 1.77 bits per heavy atom. The van der Waals surface area contributed by atoms with Gasteiger partial charge in [0.1, 0.15) is 12.4 Å². The topological polar surface area (TPSA) is 102 Å². The summed E-state index contributed by atoms with van der Waals surface area (Å²) in [6, 6.07) is 1.54. The standard InChI is InChI=1S/C7H8N4O2/c8-5-1-2-10-7(11-5)4-13-6(9)3-12/h1-3,9H,4H2,(H2,8,10,11). The Morgan fingerprint density at radius 2 is 2.54 bits per heavy atom. The van der Waals surface area contributed by atoms with Crippen LogP contribution in [0.15, 0.2) is 12.3 Å². The number of carbonyl (C=O) groups excluding carboxylic acids is 1. The summed E-state index contributed by atoms with van der Waals surface area (Å²) in [5.74, 6) is 0.212. The minimum absolute atomic E-state index is 0.0252. The summed E-state index contributed by atoms with van der Waals surface area (Å²) in [5.41, 5.74) is 5.37. The highest BCUT2D eigenvalue weighted by Crippen LogP contribution is 1.97. The van der Waals surface area contributed by atoms with Crippen molar-refractivity contribution in [3.63, 3.8) is 0 Å². The minimum Gasteiger partial charge on any atom is -0.468 e. The van der Waals surface area contributed by atoms with Crippen molar-refractivity contribution in [1.29, 1.82) is 5.41 Å². The van der Waals surface area contributed by atoms with E-state index in [9.17, 15) is 4.79 Å². The molecule has 6 nitrogen and oxygen atoms in total. The van der Waals surface area contributed by atoms with E-state index >= 15 is 0 Å². The molecule has 0 bridgehead atoms. The van der Waals surface area contributed by atoms with Crippen LogP contribution in [0.1, 0.15) is 5.82 Å². The lowest BCUT2D eigenvalue weighted by molar-refractivity contribution is -0.104. The van der Waals surface area contributed by atoms with Gasteiger partial charge in [0.25, 0.3) is 0 Å². The van der Waals surface area contributed by atoms with Gasteiger partial charge in [-0.1, -0.05) is 0 Å². The fourth-order valence-electron chi connectivity index (χ4n) is 0.661. The van der Waals surface area contributed by atoms with Gasteiger partial charge in [-0.3, -0.25) is 10.2 Å². The molecule has 0 aliphatic carbocycles. The average Bonchev–Trinajstić information content (AvgIpc) is 2.14. The number of ether oxygens (including phenoxy) is 1. The van der Waals surface area contributed by atoms with Crippen LogP contribution in [-0.4, -0.2) is 22.2 Å².